The Labute approximate surface area is 95.4 Å². The van der Waals surface area contributed by atoms with Gasteiger partial charge in [0.25, 0.3) is 0 Å². The second-order valence-electron chi connectivity index (χ2n) is 3.77. The molecule has 2 rings (SSSR count). The van der Waals surface area contributed by atoms with Crippen LogP contribution in [0.15, 0.2) is 30.3 Å². The van der Waals surface area contributed by atoms with Gasteiger partial charge >= 0.3 is 0 Å². The van der Waals surface area contributed by atoms with E-state index in [4.69, 9.17) is 5.73 Å². The quantitative estimate of drug-likeness (QED) is 0.834. The van der Waals surface area contributed by atoms with Crippen molar-refractivity contribution in [2.45, 2.75) is 20.3 Å². The third kappa shape index (κ3) is 2.03. The Hall–Kier alpha value is -1.90. The fourth-order valence-corrected chi connectivity index (χ4v) is 1.76. The van der Waals surface area contributed by atoms with Crippen LogP contribution in [0.25, 0.3) is 11.4 Å². The molecule has 1 aromatic carbocycles. The lowest BCUT2D eigenvalue weighted by Gasteiger charge is -2.07. The van der Waals surface area contributed by atoms with Gasteiger partial charge in [0.2, 0.25) is 0 Å². The summed E-state index contributed by atoms with van der Waals surface area (Å²) >= 11 is 0. The molecule has 0 aliphatic carbocycles. The Morgan fingerprint density at radius 3 is 2.62 bits per heavy atom. The van der Waals surface area contributed by atoms with Gasteiger partial charge in [0.15, 0.2) is 5.82 Å². The van der Waals surface area contributed by atoms with Gasteiger partial charge in [0.05, 0.1) is 0 Å². The highest BCUT2D eigenvalue weighted by molar-refractivity contribution is 5.61. The monoisotopic (exact) mass is 213 g/mol. The van der Waals surface area contributed by atoms with Crippen LogP contribution in [0.4, 0.5) is 5.82 Å². The van der Waals surface area contributed by atoms with Crippen molar-refractivity contribution in [3.63, 3.8) is 0 Å². The van der Waals surface area contributed by atoms with E-state index in [1.165, 1.54) is 5.56 Å². The fourth-order valence-electron chi connectivity index (χ4n) is 1.76. The molecule has 0 bridgehead atoms. The van der Waals surface area contributed by atoms with Crippen LogP contribution in [0.5, 0.6) is 0 Å². The van der Waals surface area contributed by atoms with E-state index in [9.17, 15) is 0 Å². The van der Waals surface area contributed by atoms with Crippen molar-refractivity contribution in [3.8, 4) is 11.4 Å². The summed E-state index contributed by atoms with van der Waals surface area (Å²) in [5.41, 5.74) is 8.95. The molecule has 0 unspecified atom stereocenters. The Morgan fingerprint density at radius 1 is 1.19 bits per heavy atom. The summed E-state index contributed by atoms with van der Waals surface area (Å²) in [6.07, 6.45) is 0.966. The third-order valence-corrected chi connectivity index (χ3v) is 2.51. The number of hydrogen-bond donors (Lipinski definition) is 1. The summed E-state index contributed by atoms with van der Waals surface area (Å²) < 4.78 is 0. The predicted molar refractivity (Wildman–Crippen MR) is 66.0 cm³/mol. The number of nitrogens with zero attached hydrogens (tertiary/aromatic N) is 2. The van der Waals surface area contributed by atoms with E-state index in [0.717, 1.165) is 23.5 Å². The van der Waals surface area contributed by atoms with E-state index in [1.807, 2.05) is 25.1 Å². The topological polar surface area (TPSA) is 51.8 Å². The first-order valence-electron chi connectivity index (χ1n) is 5.40. The van der Waals surface area contributed by atoms with Crippen molar-refractivity contribution in [1.82, 2.24) is 9.97 Å². The minimum atomic E-state index is 0.522. The molecular formula is C13H15N3. The van der Waals surface area contributed by atoms with Gasteiger partial charge in [-0.15, -0.1) is 0 Å². The fraction of sp³-hybridized carbons (Fsp3) is 0.231. The van der Waals surface area contributed by atoms with Crippen LogP contribution in [-0.2, 0) is 6.42 Å². The van der Waals surface area contributed by atoms with Crippen molar-refractivity contribution in [1.29, 1.82) is 0 Å². The second-order valence-corrected chi connectivity index (χ2v) is 3.77. The minimum Gasteiger partial charge on any atom is -0.384 e. The normalized spacial score (nSPS) is 10.4. The Balaban J connectivity index is 2.58. The highest BCUT2D eigenvalue weighted by Gasteiger charge is 2.07. The highest BCUT2D eigenvalue weighted by atomic mass is 14.9. The summed E-state index contributed by atoms with van der Waals surface area (Å²) in [6, 6.07) is 9.93. The van der Waals surface area contributed by atoms with Crippen LogP contribution in [0, 0.1) is 6.92 Å². The Bertz CT molecular complexity index is 486. The van der Waals surface area contributed by atoms with Crippen LogP contribution in [0.2, 0.25) is 0 Å². The van der Waals surface area contributed by atoms with Crippen LogP contribution >= 0.6 is 0 Å². The van der Waals surface area contributed by atoms with E-state index in [-0.39, 0.29) is 0 Å². The summed E-state index contributed by atoms with van der Waals surface area (Å²) in [5, 5.41) is 0. The number of rotatable bonds is 2. The smallest absolute Gasteiger partial charge is 0.162 e. The van der Waals surface area contributed by atoms with E-state index >= 15 is 0 Å². The van der Waals surface area contributed by atoms with Gasteiger partial charge in [0.1, 0.15) is 5.82 Å². The Kier molecular flexibility index (Phi) is 2.86. The molecule has 0 saturated heterocycles. The predicted octanol–water partition coefficient (Wildman–Crippen LogP) is 2.60. The first-order chi connectivity index (χ1) is 7.70. The molecule has 2 aromatic rings. The van der Waals surface area contributed by atoms with Gasteiger partial charge < -0.3 is 5.73 Å². The molecule has 0 spiro atoms. The van der Waals surface area contributed by atoms with Crippen LogP contribution in [0.3, 0.4) is 0 Å². The molecule has 3 heteroatoms. The molecule has 0 atom stereocenters. The van der Waals surface area contributed by atoms with Crippen molar-refractivity contribution in [2.75, 3.05) is 5.73 Å². The highest BCUT2D eigenvalue weighted by Crippen LogP contribution is 2.21. The zero-order valence-electron chi connectivity index (χ0n) is 9.57. The zero-order valence-corrected chi connectivity index (χ0v) is 9.57. The average Bonchev–Trinajstić information content (AvgIpc) is 2.27. The lowest BCUT2D eigenvalue weighted by molar-refractivity contribution is 1.09. The minimum absolute atomic E-state index is 0.522. The van der Waals surface area contributed by atoms with Crippen molar-refractivity contribution >= 4 is 5.82 Å². The maximum atomic E-state index is 5.74. The molecule has 16 heavy (non-hydrogen) atoms. The number of anilines is 1. The molecule has 0 aliphatic heterocycles. The van der Waals surface area contributed by atoms with Crippen molar-refractivity contribution < 1.29 is 0 Å². The van der Waals surface area contributed by atoms with E-state index in [2.05, 4.69) is 23.0 Å². The SMILES string of the molecule is CCc1ccccc1-c1nc(C)cc(N)n1. The first kappa shape index (κ1) is 10.6. The number of aryl methyl sites for hydroxylation is 2. The maximum Gasteiger partial charge on any atom is 0.162 e. The molecule has 0 saturated carbocycles. The lowest BCUT2D eigenvalue weighted by atomic mass is 10.0. The summed E-state index contributed by atoms with van der Waals surface area (Å²) in [4.78, 5) is 8.70. The maximum absolute atomic E-state index is 5.74. The van der Waals surface area contributed by atoms with Gasteiger partial charge in [-0.2, -0.15) is 0 Å². The van der Waals surface area contributed by atoms with E-state index < -0.39 is 0 Å². The summed E-state index contributed by atoms with van der Waals surface area (Å²) in [7, 11) is 0. The molecule has 1 heterocycles. The van der Waals surface area contributed by atoms with Crippen molar-refractivity contribution in [3.05, 3.63) is 41.6 Å². The van der Waals surface area contributed by atoms with Gasteiger partial charge in [-0.05, 0) is 18.9 Å². The van der Waals surface area contributed by atoms with E-state index in [1.54, 1.807) is 6.07 Å². The number of benzene rings is 1. The van der Waals surface area contributed by atoms with Gasteiger partial charge in [-0.25, -0.2) is 9.97 Å². The van der Waals surface area contributed by atoms with Gasteiger partial charge in [0, 0.05) is 17.3 Å². The van der Waals surface area contributed by atoms with Crippen LogP contribution in [0.1, 0.15) is 18.2 Å². The standard InChI is InChI=1S/C13H15N3/c1-3-10-6-4-5-7-11(10)13-15-9(2)8-12(14)16-13/h4-8H,3H2,1-2H3,(H2,14,15,16). The summed E-state index contributed by atoms with van der Waals surface area (Å²) in [6.45, 7) is 4.05. The largest absolute Gasteiger partial charge is 0.384 e. The molecule has 1 aromatic heterocycles. The van der Waals surface area contributed by atoms with Crippen LogP contribution < -0.4 is 5.73 Å². The van der Waals surface area contributed by atoms with Gasteiger partial charge in [-0.1, -0.05) is 31.2 Å². The number of nitrogen functional groups attached to an aromatic ring is 1. The number of hydrogen-bond acceptors (Lipinski definition) is 3. The number of aromatic nitrogens is 2. The molecule has 0 radical (unpaired) electrons. The van der Waals surface area contributed by atoms with Crippen LogP contribution in [-0.4, -0.2) is 9.97 Å². The average molecular weight is 213 g/mol. The molecule has 0 amide bonds. The summed E-state index contributed by atoms with van der Waals surface area (Å²) in [5.74, 6) is 1.24. The molecule has 0 fully saturated rings. The molecule has 2 N–H and O–H groups in total. The molecule has 3 nitrogen and oxygen atoms in total. The lowest BCUT2D eigenvalue weighted by Crippen LogP contribution is -1.99. The van der Waals surface area contributed by atoms with E-state index in [0.29, 0.717) is 5.82 Å². The van der Waals surface area contributed by atoms with Crippen molar-refractivity contribution in [2.24, 2.45) is 0 Å². The third-order valence-electron chi connectivity index (χ3n) is 2.51. The van der Waals surface area contributed by atoms with Gasteiger partial charge in [-0.3, -0.25) is 0 Å². The first-order valence-corrected chi connectivity index (χ1v) is 5.40. The number of nitrogens with two attached hydrogens (primary N) is 1. The second kappa shape index (κ2) is 4.31. The Morgan fingerprint density at radius 2 is 1.94 bits per heavy atom. The zero-order chi connectivity index (χ0) is 11.5. The molecule has 82 valence electrons. The molecule has 0 aliphatic rings. The molecular weight excluding hydrogens is 198 g/mol.